The van der Waals surface area contributed by atoms with E-state index in [2.05, 4.69) is 14.7 Å². The SMILES string of the molecule is COC(=O)C(CN=C=O)N=C=O. The van der Waals surface area contributed by atoms with Gasteiger partial charge < -0.3 is 4.74 Å². The molecule has 0 fully saturated rings. The Morgan fingerprint density at radius 2 is 2.17 bits per heavy atom. The molecule has 64 valence electrons. The third-order valence-electron chi connectivity index (χ3n) is 1.01. The number of isocyanates is 2. The number of carbonyl (C=O) groups is 1. The molecule has 12 heavy (non-hydrogen) atoms. The predicted molar refractivity (Wildman–Crippen MR) is 36.9 cm³/mol. The first-order valence-electron chi connectivity index (χ1n) is 2.94. The summed E-state index contributed by atoms with van der Waals surface area (Å²) >= 11 is 0. The van der Waals surface area contributed by atoms with E-state index in [0.29, 0.717) is 0 Å². The van der Waals surface area contributed by atoms with Gasteiger partial charge in [0.05, 0.1) is 13.7 Å². The van der Waals surface area contributed by atoms with Gasteiger partial charge in [-0.15, -0.1) is 0 Å². The Hall–Kier alpha value is -1.77. The Morgan fingerprint density at radius 3 is 2.58 bits per heavy atom. The van der Waals surface area contributed by atoms with Gasteiger partial charge in [0.25, 0.3) is 0 Å². The summed E-state index contributed by atoms with van der Waals surface area (Å²) in [6.07, 6.45) is 2.39. The molecule has 0 heterocycles. The minimum atomic E-state index is -1.09. The number of methoxy groups -OCH3 is 1. The number of nitrogens with zero attached hydrogens (tertiary/aromatic N) is 2. The van der Waals surface area contributed by atoms with E-state index >= 15 is 0 Å². The highest BCUT2D eigenvalue weighted by molar-refractivity contribution is 5.77. The van der Waals surface area contributed by atoms with Crippen LogP contribution in [0.5, 0.6) is 0 Å². The van der Waals surface area contributed by atoms with Crippen molar-refractivity contribution in [2.75, 3.05) is 13.7 Å². The first kappa shape index (κ1) is 10.2. The van der Waals surface area contributed by atoms with Crippen molar-refractivity contribution >= 4 is 18.1 Å². The number of aliphatic imine (C=N–C) groups is 2. The molecule has 0 rings (SSSR count). The maximum Gasteiger partial charge on any atom is 0.333 e. The van der Waals surface area contributed by atoms with Crippen LogP contribution in [-0.2, 0) is 19.1 Å². The lowest BCUT2D eigenvalue weighted by Gasteiger charge is -2.02. The van der Waals surface area contributed by atoms with E-state index in [1.807, 2.05) is 0 Å². The smallest absolute Gasteiger partial charge is 0.333 e. The van der Waals surface area contributed by atoms with Crippen LogP contribution in [0.4, 0.5) is 0 Å². The lowest BCUT2D eigenvalue weighted by atomic mass is 10.3. The molecule has 0 aliphatic carbocycles. The van der Waals surface area contributed by atoms with Crippen LogP contribution >= 0.6 is 0 Å². The highest BCUT2D eigenvalue weighted by Gasteiger charge is 2.16. The number of rotatable bonds is 4. The van der Waals surface area contributed by atoms with Crippen molar-refractivity contribution < 1.29 is 19.1 Å². The summed E-state index contributed by atoms with van der Waals surface area (Å²) in [5, 5.41) is 0. The monoisotopic (exact) mass is 170 g/mol. The fourth-order valence-electron chi connectivity index (χ4n) is 0.491. The lowest BCUT2D eigenvalue weighted by molar-refractivity contribution is -0.141. The van der Waals surface area contributed by atoms with Crippen molar-refractivity contribution in [2.45, 2.75) is 6.04 Å². The molecule has 0 aliphatic heterocycles. The van der Waals surface area contributed by atoms with Crippen molar-refractivity contribution in [3.63, 3.8) is 0 Å². The van der Waals surface area contributed by atoms with Crippen molar-refractivity contribution in [3.05, 3.63) is 0 Å². The molecule has 0 spiro atoms. The maximum absolute atomic E-state index is 10.7. The molecule has 0 bridgehead atoms. The Morgan fingerprint density at radius 1 is 1.50 bits per heavy atom. The molecule has 0 saturated carbocycles. The van der Waals surface area contributed by atoms with E-state index < -0.39 is 12.0 Å². The van der Waals surface area contributed by atoms with Gasteiger partial charge in [-0.3, -0.25) is 0 Å². The number of carbonyl (C=O) groups excluding carboxylic acids is 3. The first-order chi connectivity index (χ1) is 5.76. The second-order valence-corrected chi connectivity index (χ2v) is 1.69. The van der Waals surface area contributed by atoms with Gasteiger partial charge in [0, 0.05) is 0 Å². The Balaban J connectivity index is 4.31. The summed E-state index contributed by atoms with van der Waals surface area (Å²) in [6, 6.07) is -1.09. The Labute approximate surface area is 68.0 Å². The van der Waals surface area contributed by atoms with E-state index in [9.17, 15) is 14.4 Å². The van der Waals surface area contributed by atoms with Crippen LogP contribution in [0.3, 0.4) is 0 Å². The van der Waals surface area contributed by atoms with Crippen LogP contribution in [0.15, 0.2) is 9.98 Å². The summed E-state index contributed by atoms with van der Waals surface area (Å²) in [4.78, 5) is 36.3. The van der Waals surface area contributed by atoms with Crippen LogP contribution in [0, 0.1) is 0 Å². The second-order valence-electron chi connectivity index (χ2n) is 1.69. The van der Waals surface area contributed by atoms with Gasteiger partial charge >= 0.3 is 5.97 Å². The van der Waals surface area contributed by atoms with Gasteiger partial charge in [-0.1, -0.05) is 0 Å². The fraction of sp³-hybridized carbons (Fsp3) is 0.500. The molecular weight excluding hydrogens is 164 g/mol. The molecule has 6 heteroatoms. The minimum absolute atomic E-state index is 0.245. The summed E-state index contributed by atoms with van der Waals surface area (Å²) in [6.45, 7) is -0.245. The van der Waals surface area contributed by atoms with Gasteiger partial charge in [0.1, 0.15) is 0 Å². The van der Waals surface area contributed by atoms with Crippen molar-refractivity contribution in [2.24, 2.45) is 9.98 Å². The number of hydrogen-bond acceptors (Lipinski definition) is 6. The molecule has 1 atom stereocenters. The summed E-state index contributed by atoms with van der Waals surface area (Å²) < 4.78 is 4.26. The quantitative estimate of drug-likeness (QED) is 0.314. The van der Waals surface area contributed by atoms with E-state index in [-0.39, 0.29) is 6.54 Å². The zero-order valence-corrected chi connectivity index (χ0v) is 6.31. The summed E-state index contributed by atoms with van der Waals surface area (Å²) in [7, 11) is 1.14. The molecule has 0 radical (unpaired) electrons. The van der Waals surface area contributed by atoms with Gasteiger partial charge in [-0.05, 0) is 0 Å². The topological polar surface area (TPSA) is 85.2 Å². The molecule has 1 unspecified atom stereocenters. The normalized spacial score (nSPS) is 10.4. The molecule has 0 aliphatic rings. The standard InChI is InChI=1S/C6H6N2O4/c1-12-6(11)5(8-4-10)2-7-3-9/h5H,2H2,1H3. The molecule has 0 amide bonds. The highest BCUT2D eigenvalue weighted by Crippen LogP contribution is 1.93. The predicted octanol–water partition coefficient (Wildman–Crippen LogP) is -0.800. The van der Waals surface area contributed by atoms with E-state index in [1.54, 1.807) is 0 Å². The number of esters is 1. The number of ether oxygens (including phenoxy) is 1. The van der Waals surface area contributed by atoms with E-state index in [0.717, 1.165) is 7.11 Å². The molecule has 0 saturated heterocycles. The van der Waals surface area contributed by atoms with Gasteiger partial charge in [0.2, 0.25) is 12.2 Å². The third-order valence-corrected chi connectivity index (χ3v) is 1.01. The van der Waals surface area contributed by atoms with Gasteiger partial charge in [-0.25, -0.2) is 19.4 Å². The fourth-order valence-corrected chi connectivity index (χ4v) is 0.491. The van der Waals surface area contributed by atoms with Crippen molar-refractivity contribution in [1.82, 2.24) is 0 Å². The zero-order chi connectivity index (χ0) is 9.40. The van der Waals surface area contributed by atoms with Crippen molar-refractivity contribution in [3.8, 4) is 0 Å². The van der Waals surface area contributed by atoms with E-state index in [1.165, 1.54) is 12.2 Å². The summed E-state index contributed by atoms with van der Waals surface area (Å²) in [5.41, 5.74) is 0. The molecule has 0 N–H and O–H groups in total. The Bertz CT molecular complexity index is 250. The van der Waals surface area contributed by atoms with Crippen LogP contribution in [0.25, 0.3) is 0 Å². The largest absolute Gasteiger partial charge is 0.467 e. The van der Waals surface area contributed by atoms with Crippen LogP contribution in [-0.4, -0.2) is 37.8 Å². The van der Waals surface area contributed by atoms with Gasteiger partial charge in [0.15, 0.2) is 6.04 Å². The van der Waals surface area contributed by atoms with Crippen LogP contribution in [0.2, 0.25) is 0 Å². The van der Waals surface area contributed by atoms with E-state index in [4.69, 9.17) is 0 Å². The zero-order valence-electron chi connectivity index (χ0n) is 6.31. The minimum Gasteiger partial charge on any atom is -0.467 e. The van der Waals surface area contributed by atoms with Crippen molar-refractivity contribution in [1.29, 1.82) is 0 Å². The Kier molecular flexibility index (Phi) is 5.09. The maximum atomic E-state index is 10.7. The first-order valence-corrected chi connectivity index (χ1v) is 2.94. The van der Waals surface area contributed by atoms with Crippen LogP contribution in [0.1, 0.15) is 0 Å². The average molecular weight is 170 g/mol. The molecule has 6 nitrogen and oxygen atoms in total. The van der Waals surface area contributed by atoms with Crippen LogP contribution < -0.4 is 0 Å². The van der Waals surface area contributed by atoms with Gasteiger partial charge in [-0.2, -0.15) is 4.99 Å². The number of hydrogen-bond donors (Lipinski definition) is 0. The highest BCUT2D eigenvalue weighted by atomic mass is 16.5. The average Bonchev–Trinajstić information content (AvgIpc) is 2.11. The summed E-state index contributed by atoms with van der Waals surface area (Å²) in [5.74, 6) is -0.739. The molecule has 0 aromatic rings. The second kappa shape index (κ2) is 5.97. The molecular formula is C6H6N2O4. The molecule has 0 aromatic carbocycles. The molecule has 0 aromatic heterocycles. The third kappa shape index (κ3) is 3.41. The lowest BCUT2D eigenvalue weighted by Crippen LogP contribution is -2.23.